The molecule has 1 atom stereocenters. The molecule has 0 aliphatic carbocycles. The lowest BCUT2D eigenvalue weighted by atomic mass is 10.1. The fraction of sp³-hybridized carbons (Fsp3) is 0.444. The molecule has 7 heteroatoms. The summed E-state index contributed by atoms with van der Waals surface area (Å²) in [5.41, 5.74) is 6.21. The predicted octanol–water partition coefficient (Wildman–Crippen LogP) is 3.61. The Morgan fingerprint density at radius 1 is 1.38 bits per heavy atom. The van der Waals surface area contributed by atoms with Crippen LogP contribution in [0.15, 0.2) is 22.9 Å². The summed E-state index contributed by atoms with van der Waals surface area (Å²) in [7, 11) is 0. The van der Waals surface area contributed by atoms with Gasteiger partial charge in [-0.3, -0.25) is 0 Å². The van der Waals surface area contributed by atoms with Crippen LogP contribution in [0.3, 0.4) is 0 Å². The quantitative estimate of drug-likeness (QED) is 0.865. The highest BCUT2D eigenvalue weighted by atomic mass is 79.9. The van der Waals surface area contributed by atoms with Gasteiger partial charge in [0.25, 0.3) is 0 Å². The Morgan fingerprint density at radius 2 is 2.00 bits per heavy atom. The lowest BCUT2D eigenvalue weighted by Gasteiger charge is -2.12. The van der Waals surface area contributed by atoms with E-state index in [4.69, 9.17) is 5.73 Å². The van der Waals surface area contributed by atoms with Crippen LogP contribution in [0.4, 0.5) is 13.2 Å². The first-order chi connectivity index (χ1) is 6.88. The zero-order chi connectivity index (χ0) is 11.5. The number of rotatable bonds is 3. The third-order valence-corrected chi connectivity index (χ3v) is 2.39. The fourth-order valence-corrected chi connectivity index (χ4v) is 1.33. The maximum absolute atomic E-state index is 11.9. The van der Waals surface area contributed by atoms with Crippen molar-refractivity contribution in [2.45, 2.75) is 25.1 Å². The number of hydrogen-bond acceptors (Lipinski definition) is 2. The smallest absolute Gasteiger partial charge is 0.324 e. The second kappa shape index (κ2) is 6.42. The van der Waals surface area contributed by atoms with Gasteiger partial charge in [-0.05, 0) is 34.0 Å². The standard InChI is InChI=1S/C9H10BrF3N2.ClH/c10-8-2-1-6(5-15-8)7(14)3-4-9(11,12)13;/h1-2,5,7H,3-4,14H2;1H/t7-;/m0./s1. The summed E-state index contributed by atoms with van der Waals surface area (Å²) in [6.45, 7) is 0. The minimum absolute atomic E-state index is 0. The van der Waals surface area contributed by atoms with Gasteiger partial charge in [0, 0.05) is 18.7 Å². The highest BCUT2D eigenvalue weighted by Gasteiger charge is 2.27. The van der Waals surface area contributed by atoms with Gasteiger partial charge in [0.1, 0.15) is 4.60 Å². The molecule has 1 heterocycles. The summed E-state index contributed by atoms with van der Waals surface area (Å²) in [4.78, 5) is 3.90. The van der Waals surface area contributed by atoms with Crippen LogP contribution < -0.4 is 5.73 Å². The fourth-order valence-electron chi connectivity index (χ4n) is 1.09. The molecule has 1 rings (SSSR count). The maximum Gasteiger partial charge on any atom is 0.389 e. The Morgan fingerprint density at radius 3 is 2.44 bits per heavy atom. The minimum Gasteiger partial charge on any atom is -0.324 e. The number of hydrogen-bond donors (Lipinski definition) is 1. The molecule has 0 saturated carbocycles. The highest BCUT2D eigenvalue weighted by molar-refractivity contribution is 9.10. The second-order valence-electron chi connectivity index (χ2n) is 3.17. The van der Waals surface area contributed by atoms with Crippen molar-refractivity contribution in [1.29, 1.82) is 0 Å². The molecule has 2 N–H and O–H groups in total. The van der Waals surface area contributed by atoms with Gasteiger partial charge in [0.05, 0.1) is 0 Å². The lowest BCUT2D eigenvalue weighted by molar-refractivity contribution is -0.136. The van der Waals surface area contributed by atoms with Gasteiger partial charge in [-0.2, -0.15) is 13.2 Å². The van der Waals surface area contributed by atoms with E-state index in [0.29, 0.717) is 10.2 Å². The number of alkyl halides is 3. The van der Waals surface area contributed by atoms with Crippen LogP contribution in [0.5, 0.6) is 0 Å². The van der Waals surface area contributed by atoms with Crippen molar-refractivity contribution in [3.63, 3.8) is 0 Å². The van der Waals surface area contributed by atoms with Crippen molar-refractivity contribution in [3.8, 4) is 0 Å². The van der Waals surface area contributed by atoms with Crippen molar-refractivity contribution < 1.29 is 13.2 Å². The van der Waals surface area contributed by atoms with Gasteiger partial charge in [0.2, 0.25) is 0 Å². The first-order valence-electron chi connectivity index (χ1n) is 4.32. The second-order valence-corrected chi connectivity index (χ2v) is 3.99. The van der Waals surface area contributed by atoms with E-state index in [1.165, 1.54) is 6.20 Å². The summed E-state index contributed by atoms with van der Waals surface area (Å²) < 4.78 is 36.4. The first-order valence-corrected chi connectivity index (χ1v) is 5.11. The molecule has 0 aliphatic rings. The molecule has 0 aromatic carbocycles. The number of nitrogens with zero attached hydrogens (tertiary/aromatic N) is 1. The summed E-state index contributed by atoms with van der Waals surface area (Å²) in [6, 6.07) is 2.70. The van der Waals surface area contributed by atoms with Crippen LogP contribution in [0, 0.1) is 0 Å². The van der Waals surface area contributed by atoms with Crippen LogP contribution in [0.1, 0.15) is 24.4 Å². The minimum atomic E-state index is -4.15. The Balaban J connectivity index is 0.00000225. The summed E-state index contributed by atoms with van der Waals surface area (Å²) >= 11 is 3.13. The summed E-state index contributed by atoms with van der Waals surface area (Å²) in [5, 5.41) is 0. The molecule has 16 heavy (non-hydrogen) atoms. The molecule has 0 radical (unpaired) electrons. The molecular formula is C9H11BrClF3N2. The molecule has 0 spiro atoms. The Bertz CT molecular complexity index is 316. The average Bonchev–Trinajstić information content (AvgIpc) is 2.14. The molecule has 0 fully saturated rings. The van der Waals surface area contributed by atoms with E-state index >= 15 is 0 Å². The molecular weight excluding hydrogens is 308 g/mol. The zero-order valence-electron chi connectivity index (χ0n) is 8.17. The molecule has 0 saturated heterocycles. The van der Waals surface area contributed by atoms with Gasteiger partial charge < -0.3 is 5.73 Å². The third kappa shape index (κ3) is 5.67. The van der Waals surface area contributed by atoms with Gasteiger partial charge >= 0.3 is 6.18 Å². The maximum atomic E-state index is 11.9. The van der Waals surface area contributed by atoms with Gasteiger partial charge in [-0.1, -0.05) is 6.07 Å². The molecule has 2 nitrogen and oxygen atoms in total. The lowest BCUT2D eigenvalue weighted by Crippen LogP contribution is -2.15. The molecule has 1 aromatic rings. The Hall–Kier alpha value is -0.330. The van der Waals surface area contributed by atoms with Crippen molar-refractivity contribution in [2.24, 2.45) is 5.73 Å². The van der Waals surface area contributed by atoms with Crippen LogP contribution in [-0.2, 0) is 0 Å². The van der Waals surface area contributed by atoms with Crippen LogP contribution in [0.2, 0.25) is 0 Å². The normalized spacial score (nSPS) is 13.1. The predicted molar refractivity (Wildman–Crippen MR) is 61.4 cm³/mol. The van der Waals surface area contributed by atoms with Gasteiger partial charge in [0.15, 0.2) is 0 Å². The molecule has 92 valence electrons. The molecule has 0 unspecified atom stereocenters. The van der Waals surface area contributed by atoms with E-state index in [2.05, 4.69) is 20.9 Å². The largest absolute Gasteiger partial charge is 0.389 e. The van der Waals surface area contributed by atoms with Crippen LogP contribution >= 0.6 is 28.3 Å². The monoisotopic (exact) mass is 318 g/mol. The molecule has 0 aliphatic heterocycles. The van der Waals surface area contributed by atoms with Crippen molar-refractivity contribution in [3.05, 3.63) is 28.5 Å². The van der Waals surface area contributed by atoms with E-state index in [9.17, 15) is 13.2 Å². The average molecular weight is 320 g/mol. The van der Waals surface area contributed by atoms with E-state index < -0.39 is 18.6 Å². The number of aromatic nitrogens is 1. The van der Waals surface area contributed by atoms with Crippen LogP contribution in [-0.4, -0.2) is 11.2 Å². The summed E-state index contributed by atoms with van der Waals surface area (Å²) in [5.74, 6) is 0. The third-order valence-electron chi connectivity index (χ3n) is 1.92. The zero-order valence-corrected chi connectivity index (χ0v) is 10.6. The van der Waals surface area contributed by atoms with Crippen molar-refractivity contribution >= 4 is 28.3 Å². The van der Waals surface area contributed by atoms with E-state index in [-0.39, 0.29) is 18.8 Å². The van der Waals surface area contributed by atoms with Gasteiger partial charge in [-0.25, -0.2) is 4.98 Å². The molecule has 0 amide bonds. The number of halogens is 5. The van der Waals surface area contributed by atoms with E-state index in [0.717, 1.165) is 0 Å². The van der Waals surface area contributed by atoms with Crippen LogP contribution in [0.25, 0.3) is 0 Å². The van der Waals surface area contributed by atoms with Crippen molar-refractivity contribution in [1.82, 2.24) is 4.98 Å². The molecule has 1 aromatic heterocycles. The first kappa shape index (κ1) is 15.7. The van der Waals surface area contributed by atoms with Gasteiger partial charge in [-0.15, -0.1) is 12.4 Å². The Labute approximate surface area is 106 Å². The molecule has 0 bridgehead atoms. The Kier molecular flexibility index (Phi) is 6.28. The van der Waals surface area contributed by atoms with Crippen molar-refractivity contribution in [2.75, 3.05) is 0 Å². The number of nitrogens with two attached hydrogens (primary N) is 1. The topological polar surface area (TPSA) is 38.9 Å². The van der Waals surface area contributed by atoms with E-state index in [1.54, 1.807) is 12.1 Å². The highest BCUT2D eigenvalue weighted by Crippen LogP contribution is 2.26. The SMILES string of the molecule is Cl.N[C@@H](CCC(F)(F)F)c1ccc(Br)nc1. The summed E-state index contributed by atoms with van der Waals surface area (Å²) in [6.07, 6.45) is -3.66. The number of pyridine rings is 1. The van der Waals surface area contributed by atoms with E-state index in [1.807, 2.05) is 0 Å².